The summed E-state index contributed by atoms with van der Waals surface area (Å²) in [4.78, 5) is 13.4. The highest BCUT2D eigenvalue weighted by Gasteiger charge is 2.37. The number of carbonyl (C=O) groups is 1. The van der Waals surface area contributed by atoms with Crippen molar-refractivity contribution in [2.24, 2.45) is 0 Å². The summed E-state index contributed by atoms with van der Waals surface area (Å²) in [6.45, 7) is 2.32. The zero-order valence-electron chi connectivity index (χ0n) is 18.9. The van der Waals surface area contributed by atoms with Crippen LogP contribution in [0, 0.1) is 6.92 Å². The molecule has 1 aliphatic carbocycles. The largest absolute Gasteiger partial charge is 0.353 e. The lowest BCUT2D eigenvalue weighted by atomic mass is 9.92. The summed E-state index contributed by atoms with van der Waals surface area (Å²) in [5.41, 5.74) is 3.09. The number of nitrogens with zero attached hydrogens (tertiary/aromatic N) is 1. The molecular formula is C26H34N2O3S. The second kappa shape index (κ2) is 10.2. The maximum atomic E-state index is 13.6. The molecule has 1 amide bonds. The van der Waals surface area contributed by atoms with Gasteiger partial charge in [-0.15, -0.1) is 0 Å². The Morgan fingerprint density at radius 2 is 1.62 bits per heavy atom. The third-order valence-electron chi connectivity index (χ3n) is 6.84. The summed E-state index contributed by atoms with van der Waals surface area (Å²) < 4.78 is 28.7. The molecule has 0 bridgehead atoms. The number of nitrogens with one attached hydrogen (secondary N) is 1. The average molecular weight is 455 g/mol. The van der Waals surface area contributed by atoms with Crippen LogP contribution >= 0.6 is 0 Å². The minimum absolute atomic E-state index is 0.0543. The molecule has 1 fully saturated rings. The summed E-state index contributed by atoms with van der Waals surface area (Å²) in [5, 5.41) is 3.22. The SMILES string of the molecule is Cc1ccc(S(=O)(=O)N2CCc3ccccc3[C@H]2CC(=O)NC2CCCCCCC2)cc1. The lowest BCUT2D eigenvalue weighted by molar-refractivity contribution is -0.122. The van der Waals surface area contributed by atoms with Crippen LogP contribution < -0.4 is 5.32 Å². The van der Waals surface area contributed by atoms with Gasteiger partial charge in [0.1, 0.15) is 0 Å². The van der Waals surface area contributed by atoms with E-state index in [0.29, 0.717) is 13.0 Å². The van der Waals surface area contributed by atoms with Crippen molar-refractivity contribution in [2.75, 3.05) is 6.54 Å². The van der Waals surface area contributed by atoms with E-state index in [4.69, 9.17) is 0 Å². The molecule has 1 heterocycles. The Bertz CT molecular complexity index is 1030. The van der Waals surface area contributed by atoms with Crippen LogP contribution in [0.4, 0.5) is 0 Å². The number of amides is 1. The number of hydrogen-bond acceptors (Lipinski definition) is 3. The minimum atomic E-state index is -3.71. The standard InChI is InChI=1S/C26H34N2O3S/c1-20-13-15-23(16-14-20)32(30,31)28-18-17-21-9-7-8-12-24(21)25(28)19-26(29)27-22-10-5-3-2-4-6-11-22/h7-9,12-16,22,25H,2-6,10-11,17-19H2,1H3,(H,27,29)/t25-/m1/s1. The molecule has 2 aliphatic rings. The fourth-order valence-electron chi connectivity index (χ4n) is 5.04. The van der Waals surface area contributed by atoms with Gasteiger partial charge in [-0.1, -0.05) is 74.1 Å². The second-order valence-electron chi connectivity index (χ2n) is 9.21. The first kappa shape index (κ1) is 23.0. The predicted octanol–water partition coefficient (Wildman–Crippen LogP) is 4.90. The Morgan fingerprint density at radius 1 is 0.969 bits per heavy atom. The van der Waals surface area contributed by atoms with Gasteiger partial charge in [0.05, 0.1) is 10.9 Å². The number of aryl methyl sites for hydroxylation is 1. The summed E-state index contributed by atoms with van der Waals surface area (Å²) >= 11 is 0. The van der Waals surface area contributed by atoms with E-state index < -0.39 is 16.1 Å². The molecule has 4 rings (SSSR count). The van der Waals surface area contributed by atoms with Gasteiger partial charge < -0.3 is 5.32 Å². The van der Waals surface area contributed by atoms with E-state index in [1.807, 2.05) is 43.3 Å². The van der Waals surface area contributed by atoms with E-state index in [1.54, 1.807) is 12.1 Å². The number of hydrogen-bond donors (Lipinski definition) is 1. The molecule has 1 atom stereocenters. The van der Waals surface area contributed by atoms with Crippen molar-refractivity contribution in [3.63, 3.8) is 0 Å². The Kier molecular flexibility index (Phi) is 7.31. The van der Waals surface area contributed by atoms with E-state index >= 15 is 0 Å². The zero-order chi connectivity index (χ0) is 22.6. The van der Waals surface area contributed by atoms with Crippen molar-refractivity contribution in [1.82, 2.24) is 9.62 Å². The predicted molar refractivity (Wildman–Crippen MR) is 127 cm³/mol. The van der Waals surface area contributed by atoms with Crippen molar-refractivity contribution < 1.29 is 13.2 Å². The van der Waals surface area contributed by atoms with E-state index in [2.05, 4.69) is 5.32 Å². The van der Waals surface area contributed by atoms with Gasteiger partial charge in [0, 0.05) is 19.0 Å². The zero-order valence-corrected chi connectivity index (χ0v) is 19.7. The van der Waals surface area contributed by atoms with Crippen LogP contribution in [0.2, 0.25) is 0 Å². The molecule has 1 N–H and O–H groups in total. The highest BCUT2D eigenvalue weighted by molar-refractivity contribution is 7.89. The molecule has 32 heavy (non-hydrogen) atoms. The van der Waals surface area contributed by atoms with E-state index in [0.717, 1.165) is 42.4 Å². The highest BCUT2D eigenvalue weighted by atomic mass is 32.2. The molecular weight excluding hydrogens is 420 g/mol. The number of rotatable bonds is 5. The Labute approximate surface area is 192 Å². The molecule has 6 heteroatoms. The average Bonchev–Trinajstić information content (AvgIpc) is 2.76. The minimum Gasteiger partial charge on any atom is -0.353 e. The van der Waals surface area contributed by atoms with Crippen molar-refractivity contribution in [2.45, 2.75) is 81.7 Å². The summed E-state index contributed by atoms with van der Waals surface area (Å²) in [6.07, 6.45) is 8.86. The van der Waals surface area contributed by atoms with E-state index in [-0.39, 0.29) is 23.3 Å². The van der Waals surface area contributed by atoms with Gasteiger partial charge >= 0.3 is 0 Å². The maximum absolute atomic E-state index is 13.6. The molecule has 2 aromatic carbocycles. The number of carbonyl (C=O) groups excluding carboxylic acids is 1. The van der Waals surface area contributed by atoms with Gasteiger partial charge in [0.2, 0.25) is 15.9 Å². The van der Waals surface area contributed by atoms with E-state index in [9.17, 15) is 13.2 Å². The molecule has 2 aromatic rings. The van der Waals surface area contributed by atoms with Gasteiger partial charge in [-0.3, -0.25) is 4.79 Å². The molecule has 5 nitrogen and oxygen atoms in total. The summed E-state index contributed by atoms with van der Waals surface area (Å²) in [6, 6.07) is 14.6. The third-order valence-corrected chi connectivity index (χ3v) is 8.76. The number of benzene rings is 2. The van der Waals surface area contributed by atoms with Crippen molar-refractivity contribution in [3.8, 4) is 0 Å². The van der Waals surface area contributed by atoms with Crippen molar-refractivity contribution >= 4 is 15.9 Å². The lowest BCUT2D eigenvalue weighted by Crippen LogP contribution is -2.43. The van der Waals surface area contributed by atoms with Crippen LogP contribution in [-0.4, -0.2) is 31.2 Å². The van der Waals surface area contributed by atoms with Gasteiger partial charge in [0.15, 0.2) is 0 Å². The molecule has 0 spiro atoms. The van der Waals surface area contributed by atoms with Crippen LogP contribution in [0.1, 0.15) is 74.1 Å². The van der Waals surface area contributed by atoms with Crippen LogP contribution in [0.25, 0.3) is 0 Å². The van der Waals surface area contributed by atoms with E-state index in [1.165, 1.54) is 23.6 Å². The number of sulfonamides is 1. The molecule has 0 saturated heterocycles. The van der Waals surface area contributed by atoms with Gasteiger partial charge in [-0.2, -0.15) is 4.31 Å². The molecule has 0 unspecified atom stereocenters. The first-order valence-electron chi connectivity index (χ1n) is 11.9. The third kappa shape index (κ3) is 5.24. The van der Waals surface area contributed by atoms with Crippen LogP contribution in [0.3, 0.4) is 0 Å². The first-order chi connectivity index (χ1) is 15.4. The van der Waals surface area contributed by atoms with Gasteiger partial charge in [-0.05, 0) is 49.4 Å². The molecule has 1 aliphatic heterocycles. The fraction of sp³-hybridized carbons (Fsp3) is 0.500. The molecule has 0 aromatic heterocycles. The Morgan fingerprint density at radius 3 is 2.34 bits per heavy atom. The highest BCUT2D eigenvalue weighted by Crippen LogP contribution is 2.36. The topological polar surface area (TPSA) is 66.5 Å². The van der Waals surface area contributed by atoms with Gasteiger partial charge in [-0.25, -0.2) is 8.42 Å². The summed E-state index contributed by atoms with van der Waals surface area (Å²) in [5.74, 6) is -0.0543. The normalized spacial score (nSPS) is 20.7. The van der Waals surface area contributed by atoms with Gasteiger partial charge in [0.25, 0.3) is 0 Å². The number of fused-ring (bicyclic) bond motifs is 1. The Balaban J connectivity index is 1.58. The van der Waals surface area contributed by atoms with Crippen molar-refractivity contribution in [3.05, 3.63) is 65.2 Å². The Hall–Kier alpha value is -2.18. The fourth-order valence-corrected chi connectivity index (χ4v) is 6.64. The van der Waals surface area contributed by atoms with Crippen molar-refractivity contribution in [1.29, 1.82) is 0 Å². The lowest BCUT2D eigenvalue weighted by Gasteiger charge is -2.36. The second-order valence-corrected chi connectivity index (χ2v) is 11.1. The molecule has 1 saturated carbocycles. The van der Waals surface area contributed by atoms with Crippen LogP contribution in [0.15, 0.2) is 53.4 Å². The monoisotopic (exact) mass is 454 g/mol. The smallest absolute Gasteiger partial charge is 0.243 e. The van der Waals surface area contributed by atoms with Crippen LogP contribution in [0.5, 0.6) is 0 Å². The molecule has 172 valence electrons. The molecule has 0 radical (unpaired) electrons. The quantitative estimate of drug-likeness (QED) is 0.699. The van der Waals surface area contributed by atoms with Crippen LogP contribution in [-0.2, 0) is 21.2 Å². The maximum Gasteiger partial charge on any atom is 0.243 e. The summed E-state index contributed by atoms with van der Waals surface area (Å²) in [7, 11) is -3.71. The first-order valence-corrected chi connectivity index (χ1v) is 13.3.